The van der Waals surface area contributed by atoms with Gasteiger partial charge in [-0.25, -0.2) is 4.79 Å². The van der Waals surface area contributed by atoms with Gasteiger partial charge in [-0.15, -0.1) is 0 Å². The molecule has 4 nitrogen and oxygen atoms in total. The third-order valence-electron chi connectivity index (χ3n) is 3.70. The van der Waals surface area contributed by atoms with Crippen LogP contribution in [0.2, 0.25) is 0 Å². The Labute approximate surface area is 115 Å². The zero-order valence-corrected chi connectivity index (χ0v) is 11.3. The molecule has 0 bridgehead atoms. The lowest BCUT2D eigenvalue weighted by Crippen LogP contribution is -2.02. The smallest absolute Gasteiger partial charge is 0.408 e. The summed E-state index contributed by atoms with van der Waals surface area (Å²) in [5.74, 6) is -0.488. The number of aliphatic hydroxyl groups excluding tert-OH is 1. The minimum absolute atomic E-state index is 0.455. The van der Waals surface area contributed by atoms with E-state index in [9.17, 15) is 9.90 Å². The number of aryl methyl sites for hydroxylation is 1. The average Bonchev–Trinajstić information content (AvgIpc) is 2.80. The molecule has 0 aliphatic rings. The first-order chi connectivity index (χ1) is 9.56. The van der Waals surface area contributed by atoms with Crippen molar-refractivity contribution >= 4 is 11.1 Å². The highest BCUT2D eigenvalue weighted by Gasteiger charge is 2.15. The van der Waals surface area contributed by atoms with E-state index in [-0.39, 0.29) is 0 Å². The lowest BCUT2D eigenvalue weighted by molar-refractivity contribution is 0.219. The van der Waals surface area contributed by atoms with Gasteiger partial charge in [-0.2, -0.15) is 0 Å². The quantitative estimate of drug-likeness (QED) is 0.751. The summed E-state index contributed by atoms with van der Waals surface area (Å²) < 4.78 is 5.03. The van der Waals surface area contributed by atoms with Crippen LogP contribution in [0.4, 0.5) is 0 Å². The molecule has 0 saturated carbocycles. The summed E-state index contributed by atoms with van der Waals surface area (Å²) in [5.41, 5.74) is 4.85. The summed E-state index contributed by atoms with van der Waals surface area (Å²) in [5, 5.41) is 10.5. The van der Waals surface area contributed by atoms with Crippen LogP contribution in [0.25, 0.3) is 11.1 Å². The SMILES string of the molecule is Cc1cccc(C(O)c2ccc3[nH]c(=O)oc3c2)c1C. The molecule has 1 heterocycles. The Kier molecular flexibility index (Phi) is 2.95. The molecule has 20 heavy (non-hydrogen) atoms. The molecule has 0 spiro atoms. The van der Waals surface area contributed by atoms with Crippen LogP contribution < -0.4 is 5.76 Å². The van der Waals surface area contributed by atoms with E-state index in [2.05, 4.69) is 4.98 Å². The minimum Gasteiger partial charge on any atom is -0.408 e. The molecule has 0 radical (unpaired) electrons. The van der Waals surface area contributed by atoms with Crippen LogP contribution in [-0.4, -0.2) is 10.1 Å². The van der Waals surface area contributed by atoms with Crippen molar-refractivity contribution in [2.24, 2.45) is 0 Å². The fraction of sp³-hybridized carbons (Fsp3) is 0.188. The number of hydrogen-bond acceptors (Lipinski definition) is 3. The van der Waals surface area contributed by atoms with E-state index in [0.717, 1.165) is 16.7 Å². The Bertz CT molecular complexity index is 829. The lowest BCUT2D eigenvalue weighted by Gasteiger charge is -2.15. The van der Waals surface area contributed by atoms with Crippen LogP contribution in [0.1, 0.15) is 28.4 Å². The predicted octanol–water partition coefficient (Wildman–Crippen LogP) is 2.82. The molecule has 2 N–H and O–H groups in total. The average molecular weight is 269 g/mol. The van der Waals surface area contributed by atoms with Crippen LogP contribution in [0.5, 0.6) is 0 Å². The van der Waals surface area contributed by atoms with Crippen LogP contribution >= 0.6 is 0 Å². The molecular formula is C16H15NO3. The first-order valence-electron chi connectivity index (χ1n) is 6.43. The van der Waals surface area contributed by atoms with Gasteiger partial charge < -0.3 is 9.52 Å². The predicted molar refractivity (Wildman–Crippen MR) is 76.8 cm³/mol. The van der Waals surface area contributed by atoms with Gasteiger partial charge in [-0.1, -0.05) is 24.3 Å². The molecule has 0 fully saturated rings. The molecule has 0 amide bonds. The molecule has 3 rings (SSSR count). The highest BCUT2D eigenvalue weighted by molar-refractivity contribution is 5.73. The van der Waals surface area contributed by atoms with Crippen molar-refractivity contribution in [2.45, 2.75) is 20.0 Å². The number of rotatable bonds is 2. The fourth-order valence-corrected chi connectivity index (χ4v) is 2.38. The second kappa shape index (κ2) is 4.65. The highest BCUT2D eigenvalue weighted by atomic mass is 16.4. The van der Waals surface area contributed by atoms with E-state index in [0.29, 0.717) is 16.7 Å². The number of aliphatic hydroxyl groups is 1. The van der Waals surface area contributed by atoms with Crippen LogP contribution in [-0.2, 0) is 0 Å². The maximum atomic E-state index is 11.2. The van der Waals surface area contributed by atoms with Crippen molar-refractivity contribution in [3.63, 3.8) is 0 Å². The molecule has 1 aromatic heterocycles. The summed E-state index contributed by atoms with van der Waals surface area (Å²) in [6.07, 6.45) is -0.737. The summed E-state index contributed by atoms with van der Waals surface area (Å²) >= 11 is 0. The molecule has 4 heteroatoms. The number of fused-ring (bicyclic) bond motifs is 1. The summed E-state index contributed by atoms with van der Waals surface area (Å²) in [6.45, 7) is 4.00. The number of nitrogens with one attached hydrogen (secondary N) is 1. The molecule has 102 valence electrons. The molecule has 3 aromatic rings. The second-order valence-corrected chi connectivity index (χ2v) is 4.96. The Morgan fingerprint density at radius 1 is 1.20 bits per heavy atom. The molecule has 0 aliphatic heterocycles. The fourth-order valence-electron chi connectivity index (χ4n) is 2.38. The largest absolute Gasteiger partial charge is 0.417 e. The maximum Gasteiger partial charge on any atom is 0.417 e. The Morgan fingerprint density at radius 2 is 2.00 bits per heavy atom. The zero-order valence-electron chi connectivity index (χ0n) is 11.3. The van der Waals surface area contributed by atoms with Gasteiger partial charge in [0.05, 0.1) is 5.52 Å². The highest BCUT2D eigenvalue weighted by Crippen LogP contribution is 2.27. The van der Waals surface area contributed by atoms with Gasteiger partial charge in [0.1, 0.15) is 6.10 Å². The van der Waals surface area contributed by atoms with E-state index >= 15 is 0 Å². The van der Waals surface area contributed by atoms with E-state index in [1.807, 2.05) is 32.0 Å². The van der Waals surface area contributed by atoms with Crippen LogP contribution in [0, 0.1) is 13.8 Å². The van der Waals surface area contributed by atoms with Gasteiger partial charge in [0, 0.05) is 0 Å². The number of H-pyrrole nitrogens is 1. The Hall–Kier alpha value is -2.33. The van der Waals surface area contributed by atoms with Crippen molar-refractivity contribution in [3.8, 4) is 0 Å². The monoisotopic (exact) mass is 269 g/mol. The van der Waals surface area contributed by atoms with Crippen molar-refractivity contribution in [1.29, 1.82) is 0 Å². The first kappa shape index (κ1) is 12.7. The summed E-state index contributed by atoms with van der Waals surface area (Å²) in [4.78, 5) is 13.7. The normalized spacial score (nSPS) is 12.8. The summed E-state index contributed by atoms with van der Waals surface area (Å²) in [7, 11) is 0. The van der Waals surface area contributed by atoms with E-state index in [1.54, 1.807) is 18.2 Å². The minimum atomic E-state index is -0.737. The Balaban J connectivity index is 2.09. The maximum absolute atomic E-state index is 11.2. The molecule has 1 unspecified atom stereocenters. The van der Waals surface area contributed by atoms with Crippen LogP contribution in [0.15, 0.2) is 45.6 Å². The van der Waals surface area contributed by atoms with E-state index in [4.69, 9.17) is 4.42 Å². The third-order valence-corrected chi connectivity index (χ3v) is 3.70. The number of aromatic nitrogens is 1. The van der Waals surface area contributed by atoms with Gasteiger partial charge in [-0.05, 0) is 48.2 Å². The van der Waals surface area contributed by atoms with Gasteiger partial charge in [0.2, 0.25) is 0 Å². The topological polar surface area (TPSA) is 66.2 Å². The van der Waals surface area contributed by atoms with Crippen molar-refractivity contribution < 1.29 is 9.52 Å². The molecular weight excluding hydrogens is 254 g/mol. The second-order valence-electron chi connectivity index (χ2n) is 4.96. The molecule has 2 aromatic carbocycles. The third kappa shape index (κ3) is 2.04. The number of benzene rings is 2. The molecule has 1 atom stereocenters. The van der Waals surface area contributed by atoms with Gasteiger partial charge >= 0.3 is 5.76 Å². The molecule has 0 aliphatic carbocycles. The van der Waals surface area contributed by atoms with Crippen molar-refractivity contribution in [2.75, 3.05) is 0 Å². The number of hydrogen-bond donors (Lipinski definition) is 2. The van der Waals surface area contributed by atoms with Gasteiger partial charge in [-0.3, -0.25) is 4.98 Å². The molecule has 0 saturated heterocycles. The lowest BCUT2D eigenvalue weighted by atomic mass is 9.95. The van der Waals surface area contributed by atoms with Gasteiger partial charge in [0.25, 0.3) is 0 Å². The van der Waals surface area contributed by atoms with E-state index < -0.39 is 11.9 Å². The van der Waals surface area contributed by atoms with Gasteiger partial charge in [0.15, 0.2) is 5.58 Å². The first-order valence-corrected chi connectivity index (χ1v) is 6.43. The van der Waals surface area contributed by atoms with Crippen LogP contribution in [0.3, 0.4) is 0 Å². The summed E-state index contributed by atoms with van der Waals surface area (Å²) in [6, 6.07) is 11.1. The Morgan fingerprint density at radius 3 is 2.80 bits per heavy atom. The van der Waals surface area contributed by atoms with Crippen molar-refractivity contribution in [1.82, 2.24) is 4.98 Å². The van der Waals surface area contributed by atoms with E-state index in [1.165, 1.54) is 0 Å². The van der Waals surface area contributed by atoms with Crippen molar-refractivity contribution in [3.05, 3.63) is 69.2 Å². The number of aromatic amines is 1. The number of oxazole rings is 1. The standard InChI is InChI=1S/C16H15NO3/c1-9-4-3-5-12(10(9)2)15(18)11-6-7-13-14(8-11)20-16(19)17-13/h3-8,15,18H,1-2H3,(H,17,19). The zero-order chi connectivity index (χ0) is 14.3.